The minimum absolute atomic E-state index is 0.126. The van der Waals surface area contributed by atoms with Crippen molar-refractivity contribution in [2.24, 2.45) is 10.8 Å². The molecule has 0 aliphatic heterocycles. The van der Waals surface area contributed by atoms with Gasteiger partial charge in [0.15, 0.2) is 0 Å². The predicted octanol–water partition coefficient (Wildman–Crippen LogP) is 6.21. The average Bonchev–Trinajstić information content (AvgIpc) is 2.79. The van der Waals surface area contributed by atoms with Gasteiger partial charge < -0.3 is 25.6 Å². The Balaban J connectivity index is 0.000000662. The molecule has 7 heteroatoms. The fourth-order valence-electron chi connectivity index (χ4n) is 3.41. The SMILES string of the molecule is CC(C)(C)CC[N-]C1CCCC[C@H]1[N-]CCC(C)(C)C.OC[C@@H](O)COc1ccccc1.[O]=[Os]. The van der Waals surface area contributed by atoms with Gasteiger partial charge in [-0.15, -0.1) is 13.1 Å². The molecule has 0 radical (unpaired) electrons. The number of hydrogen-bond donors (Lipinski definition) is 2. The molecule has 6 nitrogen and oxygen atoms in total. The van der Waals surface area contributed by atoms with E-state index >= 15 is 0 Å². The molecule has 200 valence electrons. The Kier molecular flexibility index (Phi) is 18.2. The first kappa shape index (κ1) is 33.3. The maximum atomic E-state index is 8.94. The minimum atomic E-state index is -0.801. The first-order valence-corrected chi connectivity index (χ1v) is 13.5. The van der Waals surface area contributed by atoms with Crippen molar-refractivity contribution in [2.45, 2.75) is 98.3 Å². The average molecular weight is 655 g/mol. The number of para-hydroxylation sites is 1. The first-order chi connectivity index (χ1) is 16.0. The Morgan fingerprint density at radius 3 is 1.74 bits per heavy atom. The number of benzene rings is 1. The van der Waals surface area contributed by atoms with Crippen LogP contribution >= 0.6 is 0 Å². The van der Waals surface area contributed by atoms with Crippen molar-refractivity contribution < 1.29 is 37.0 Å². The van der Waals surface area contributed by atoms with Crippen molar-refractivity contribution in [2.75, 3.05) is 26.3 Å². The van der Waals surface area contributed by atoms with Crippen LogP contribution in [0.15, 0.2) is 30.3 Å². The van der Waals surface area contributed by atoms with Gasteiger partial charge in [0.1, 0.15) is 18.5 Å². The van der Waals surface area contributed by atoms with E-state index in [0.717, 1.165) is 13.1 Å². The molecule has 0 bridgehead atoms. The molecule has 1 saturated carbocycles. The van der Waals surface area contributed by atoms with E-state index in [0.29, 0.717) is 47.2 Å². The summed E-state index contributed by atoms with van der Waals surface area (Å²) in [5.74, 6) is 0.699. The van der Waals surface area contributed by atoms with Crippen molar-refractivity contribution in [1.82, 2.24) is 0 Å². The van der Waals surface area contributed by atoms with Crippen molar-refractivity contribution in [3.63, 3.8) is 0 Å². The standard InChI is InChI=1S/C18H36N2.C9H12O3.O.Os/c1-17(2,3)11-13-19-15-9-7-8-10-16(15)20-14-12-18(4,5)6;10-6-8(11)7-12-9-4-2-1-3-5-9;;/h15-16H,7-14H2,1-6H3;1-5,8,10-11H,6-7H2;;/q-2;;;/t15-,16?;8-;;/m11../s1. The third kappa shape index (κ3) is 18.6. The van der Waals surface area contributed by atoms with E-state index in [9.17, 15) is 0 Å². The Bertz CT molecular complexity index is 577. The fraction of sp³-hybridized carbons (Fsp3) is 0.778. The molecule has 1 unspecified atom stereocenters. The molecular weight excluding hydrogens is 607 g/mol. The van der Waals surface area contributed by atoms with Crippen LogP contribution in [0.4, 0.5) is 0 Å². The van der Waals surface area contributed by atoms with Crippen LogP contribution in [0.1, 0.15) is 80.1 Å². The second-order valence-electron chi connectivity index (χ2n) is 11.3. The Morgan fingerprint density at radius 2 is 1.35 bits per heavy atom. The zero-order valence-corrected chi connectivity index (χ0v) is 24.7. The van der Waals surface area contributed by atoms with E-state index in [4.69, 9.17) is 29.1 Å². The number of hydrogen-bond acceptors (Lipinski definition) is 4. The maximum absolute atomic E-state index is 8.94. The van der Waals surface area contributed by atoms with E-state index in [1.807, 2.05) is 18.2 Å². The molecule has 0 amide bonds. The van der Waals surface area contributed by atoms with Gasteiger partial charge in [-0.25, -0.2) is 0 Å². The van der Waals surface area contributed by atoms with Crippen LogP contribution in [0.2, 0.25) is 0 Å². The van der Waals surface area contributed by atoms with E-state index < -0.39 is 6.10 Å². The van der Waals surface area contributed by atoms with Crippen molar-refractivity contribution in [3.8, 4) is 5.75 Å². The van der Waals surface area contributed by atoms with Crippen molar-refractivity contribution in [3.05, 3.63) is 41.0 Å². The molecule has 1 aromatic carbocycles. The third-order valence-electron chi connectivity index (χ3n) is 5.54. The van der Waals surface area contributed by atoms with E-state index in [1.165, 1.54) is 38.5 Å². The van der Waals surface area contributed by atoms with Gasteiger partial charge in [-0.2, -0.15) is 12.1 Å². The summed E-state index contributed by atoms with van der Waals surface area (Å²) >= 11 is 0.611. The van der Waals surface area contributed by atoms with Gasteiger partial charge in [0.05, 0.1) is 6.61 Å². The normalized spacial score (nSPS) is 19.2. The molecule has 34 heavy (non-hydrogen) atoms. The quantitative estimate of drug-likeness (QED) is 0.314. The molecule has 1 aromatic rings. The predicted molar refractivity (Wildman–Crippen MR) is 136 cm³/mol. The zero-order valence-electron chi connectivity index (χ0n) is 22.1. The van der Waals surface area contributed by atoms with Gasteiger partial charge >= 0.3 is 22.1 Å². The van der Waals surface area contributed by atoms with Crippen LogP contribution in [0.25, 0.3) is 10.6 Å². The van der Waals surface area contributed by atoms with E-state index in [2.05, 4.69) is 41.5 Å². The summed E-state index contributed by atoms with van der Waals surface area (Å²) in [4.78, 5) is 0. The summed E-state index contributed by atoms with van der Waals surface area (Å²) < 4.78 is 13.4. The van der Waals surface area contributed by atoms with Gasteiger partial charge in [0, 0.05) is 0 Å². The fourth-order valence-corrected chi connectivity index (χ4v) is 3.41. The Morgan fingerprint density at radius 1 is 0.912 bits per heavy atom. The van der Waals surface area contributed by atoms with Crippen LogP contribution in [0.3, 0.4) is 0 Å². The van der Waals surface area contributed by atoms with Gasteiger partial charge in [-0.3, -0.25) is 0 Å². The number of aliphatic hydroxyl groups is 2. The topological polar surface area (TPSA) is 95.0 Å². The molecule has 0 saturated heterocycles. The van der Waals surface area contributed by atoms with Crippen LogP contribution in [0.5, 0.6) is 5.75 Å². The second kappa shape index (κ2) is 18.5. The first-order valence-electron chi connectivity index (χ1n) is 12.4. The summed E-state index contributed by atoms with van der Waals surface area (Å²) in [7, 11) is 0. The van der Waals surface area contributed by atoms with Gasteiger partial charge in [-0.1, -0.05) is 98.3 Å². The van der Waals surface area contributed by atoms with Gasteiger partial charge in [0.2, 0.25) is 0 Å². The molecule has 0 aromatic heterocycles. The number of aliphatic hydroxyl groups excluding tert-OH is 2. The van der Waals surface area contributed by atoms with E-state index in [1.54, 1.807) is 12.1 Å². The van der Waals surface area contributed by atoms with Crippen LogP contribution in [0, 0.1) is 10.8 Å². The molecule has 2 N–H and O–H groups in total. The molecule has 1 aliphatic rings. The molecule has 0 heterocycles. The molecule has 0 spiro atoms. The van der Waals surface area contributed by atoms with E-state index in [-0.39, 0.29) is 13.2 Å². The molecule has 2 rings (SSSR count). The monoisotopic (exact) mass is 656 g/mol. The van der Waals surface area contributed by atoms with Gasteiger partial charge in [0.25, 0.3) is 0 Å². The summed E-state index contributed by atoms with van der Waals surface area (Å²) in [6.45, 7) is 15.7. The summed E-state index contributed by atoms with van der Waals surface area (Å²) in [6, 6.07) is 10.2. The van der Waals surface area contributed by atoms with Gasteiger partial charge in [-0.05, 0) is 23.0 Å². The van der Waals surface area contributed by atoms with Crippen molar-refractivity contribution in [1.29, 1.82) is 0 Å². The number of ether oxygens (including phenoxy) is 1. The van der Waals surface area contributed by atoms with Crippen LogP contribution in [-0.2, 0) is 22.1 Å². The van der Waals surface area contributed by atoms with Crippen LogP contribution in [-0.4, -0.2) is 54.7 Å². The van der Waals surface area contributed by atoms with Crippen molar-refractivity contribution >= 4 is 0 Å². The number of nitrogens with zero attached hydrogens (tertiary/aromatic N) is 2. The number of rotatable bonds is 10. The molecular formula is C27H48N2O4Os-2. The van der Waals surface area contributed by atoms with Crippen LogP contribution < -0.4 is 4.74 Å². The second-order valence-corrected chi connectivity index (χ2v) is 11.3. The molecule has 1 fully saturated rings. The Hall–Kier alpha value is -0.704. The Labute approximate surface area is 218 Å². The summed E-state index contributed by atoms with van der Waals surface area (Å²) in [5, 5.41) is 27.4. The third-order valence-corrected chi connectivity index (χ3v) is 5.54. The molecule has 3 atom stereocenters. The summed E-state index contributed by atoms with van der Waals surface area (Å²) in [6.07, 6.45) is 6.78. The molecule has 1 aliphatic carbocycles. The zero-order chi connectivity index (χ0) is 26.0. The summed E-state index contributed by atoms with van der Waals surface area (Å²) in [5.41, 5.74) is 0.800.